The Morgan fingerprint density at radius 3 is 1.93 bits per heavy atom. The molecule has 0 saturated carbocycles. The van der Waals surface area contributed by atoms with Crippen molar-refractivity contribution in [2.24, 2.45) is 0 Å². The Balaban J connectivity index is 2.96. The molecule has 0 aliphatic carbocycles. The number of alkyl halides is 1. The molecule has 0 aromatic carbocycles. The number of hydrogen-bond donors (Lipinski definition) is 0. The van der Waals surface area contributed by atoms with Crippen LogP contribution in [0.5, 0.6) is 0 Å². The molecule has 0 heterocycles. The summed E-state index contributed by atoms with van der Waals surface area (Å²) in [4.78, 5) is 0. The second-order valence-electron chi connectivity index (χ2n) is 3.86. The molecule has 0 nitrogen and oxygen atoms in total. The highest BCUT2D eigenvalue weighted by atomic mass is 35.5. The van der Waals surface area contributed by atoms with Crippen LogP contribution in [-0.2, 0) is 0 Å². The summed E-state index contributed by atoms with van der Waals surface area (Å²) in [5.41, 5.74) is 0. The summed E-state index contributed by atoms with van der Waals surface area (Å²) in [5, 5.41) is 0. The third-order valence-corrected chi connectivity index (χ3v) is 2.66. The predicted octanol–water partition coefficient (Wildman–Crippen LogP) is 5.31. The van der Waals surface area contributed by atoms with Gasteiger partial charge in [-0.2, -0.15) is 0 Å². The zero-order valence-electron chi connectivity index (χ0n) is 9.60. The van der Waals surface area contributed by atoms with E-state index in [2.05, 4.69) is 19.1 Å². The second kappa shape index (κ2) is 13.0. The molecule has 0 spiro atoms. The normalized spacial score (nSPS) is 11.3. The van der Waals surface area contributed by atoms with E-state index in [9.17, 15) is 0 Å². The highest BCUT2D eigenvalue weighted by Gasteiger charge is 1.87. The van der Waals surface area contributed by atoms with Gasteiger partial charge < -0.3 is 0 Å². The third-order valence-electron chi connectivity index (χ3n) is 2.40. The van der Waals surface area contributed by atoms with Crippen LogP contribution in [-0.4, -0.2) is 5.88 Å². The van der Waals surface area contributed by atoms with Gasteiger partial charge in [-0.05, 0) is 32.1 Å². The van der Waals surface area contributed by atoms with Crippen LogP contribution in [0.15, 0.2) is 12.2 Å². The van der Waals surface area contributed by atoms with E-state index in [0.29, 0.717) is 0 Å². The van der Waals surface area contributed by atoms with Crippen molar-refractivity contribution in [2.45, 2.75) is 64.7 Å². The van der Waals surface area contributed by atoms with Crippen LogP contribution < -0.4 is 0 Å². The predicted molar refractivity (Wildman–Crippen MR) is 67.1 cm³/mol. The summed E-state index contributed by atoms with van der Waals surface area (Å²) in [6, 6.07) is 0. The molecule has 0 atom stereocenters. The minimum atomic E-state index is 0.826. The average Bonchev–Trinajstić information content (AvgIpc) is 2.21. The lowest BCUT2D eigenvalue weighted by atomic mass is 10.1. The standard InChI is InChI=1S/C13H25Cl/c1-2-3-4-5-6-7-8-9-10-11-12-13-14/h6-7H,2-5,8-13H2,1H3. The number of hydrogen-bond acceptors (Lipinski definition) is 0. The van der Waals surface area contributed by atoms with Crippen molar-refractivity contribution >= 4 is 11.6 Å². The molecular formula is C13H25Cl. The molecule has 0 aromatic rings. The topological polar surface area (TPSA) is 0 Å². The van der Waals surface area contributed by atoms with Crippen LogP contribution in [0.2, 0.25) is 0 Å². The van der Waals surface area contributed by atoms with Gasteiger partial charge in [-0.15, -0.1) is 11.6 Å². The van der Waals surface area contributed by atoms with E-state index in [0.717, 1.165) is 5.88 Å². The van der Waals surface area contributed by atoms with Gasteiger partial charge in [0.05, 0.1) is 0 Å². The van der Waals surface area contributed by atoms with E-state index < -0.39 is 0 Å². The van der Waals surface area contributed by atoms with Gasteiger partial charge in [-0.1, -0.05) is 44.8 Å². The Hall–Kier alpha value is 0.0300. The molecule has 0 rings (SSSR count). The van der Waals surface area contributed by atoms with Crippen LogP contribution in [0.25, 0.3) is 0 Å². The molecule has 0 aliphatic heterocycles. The van der Waals surface area contributed by atoms with Crippen LogP contribution in [0.4, 0.5) is 0 Å². The lowest BCUT2D eigenvalue weighted by Crippen LogP contribution is -1.78. The van der Waals surface area contributed by atoms with Crippen molar-refractivity contribution in [1.82, 2.24) is 0 Å². The van der Waals surface area contributed by atoms with Gasteiger partial charge in [0.1, 0.15) is 0 Å². The van der Waals surface area contributed by atoms with Crippen LogP contribution in [0.3, 0.4) is 0 Å². The lowest BCUT2D eigenvalue weighted by Gasteiger charge is -1.95. The molecule has 84 valence electrons. The Bertz CT molecular complexity index is 118. The van der Waals surface area contributed by atoms with Crippen molar-refractivity contribution in [3.63, 3.8) is 0 Å². The van der Waals surface area contributed by atoms with Gasteiger partial charge in [-0.25, -0.2) is 0 Å². The second-order valence-corrected chi connectivity index (χ2v) is 4.24. The molecular weight excluding hydrogens is 192 g/mol. The van der Waals surface area contributed by atoms with Crippen LogP contribution in [0, 0.1) is 0 Å². The number of rotatable bonds is 10. The first-order valence-electron chi connectivity index (χ1n) is 6.12. The maximum Gasteiger partial charge on any atom is 0.0223 e. The summed E-state index contributed by atoms with van der Waals surface area (Å²) < 4.78 is 0. The SMILES string of the molecule is CCCCCC=CCCCCCCCl. The monoisotopic (exact) mass is 216 g/mol. The first-order valence-corrected chi connectivity index (χ1v) is 6.66. The number of allylic oxidation sites excluding steroid dienone is 2. The zero-order chi connectivity index (χ0) is 10.5. The summed E-state index contributed by atoms with van der Waals surface area (Å²) in [7, 11) is 0. The van der Waals surface area contributed by atoms with E-state index in [1.165, 1.54) is 57.8 Å². The summed E-state index contributed by atoms with van der Waals surface area (Å²) >= 11 is 5.60. The largest absolute Gasteiger partial charge is 0.127 e. The summed E-state index contributed by atoms with van der Waals surface area (Å²) in [6.07, 6.45) is 16.4. The van der Waals surface area contributed by atoms with Crippen molar-refractivity contribution in [2.75, 3.05) is 5.88 Å². The number of unbranched alkanes of at least 4 members (excludes halogenated alkanes) is 7. The molecule has 0 bridgehead atoms. The molecule has 0 unspecified atom stereocenters. The van der Waals surface area contributed by atoms with Gasteiger partial charge in [0, 0.05) is 5.88 Å². The summed E-state index contributed by atoms with van der Waals surface area (Å²) in [6.45, 7) is 2.25. The smallest absolute Gasteiger partial charge is 0.0223 e. The van der Waals surface area contributed by atoms with Crippen molar-refractivity contribution in [3.05, 3.63) is 12.2 Å². The molecule has 0 fully saturated rings. The van der Waals surface area contributed by atoms with Gasteiger partial charge in [0.15, 0.2) is 0 Å². The van der Waals surface area contributed by atoms with Crippen LogP contribution in [0.1, 0.15) is 64.7 Å². The molecule has 0 N–H and O–H groups in total. The molecule has 14 heavy (non-hydrogen) atoms. The third kappa shape index (κ3) is 12.0. The Kier molecular flexibility index (Phi) is 13.1. The van der Waals surface area contributed by atoms with Crippen molar-refractivity contribution < 1.29 is 0 Å². The van der Waals surface area contributed by atoms with Gasteiger partial charge in [0.25, 0.3) is 0 Å². The van der Waals surface area contributed by atoms with Gasteiger partial charge in [-0.3, -0.25) is 0 Å². The quantitative estimate of drug-likeness (QED) is 0.264. The Morgan fingerprint density at radius 1 is 0.786 bits per heavy atom. The van der Waals surface area contributed by atoms with Crippen molar-refractivity contribution in [3.8, 4) is 0 Å². The minimum Gasteiger partial charge on any atom is -0.127 e. The molecule has 1 heteroatoms. The zero-order valence-corrected chi connectivity index (χ0v) is 10.4. The van der Waals surface area contributed by atoms with Crippen molar-refractivity contribution in [1.29, 1.82) is 0 Å². The average molecular weight is 217 g/mol. The molecule has 0 saturated heterocycles. The minimum absolute atomic E-state index is 0.826. The fourth-order valence-electron chi connectivity index (χ4n) is 1.46. The Morgan fingerprint density at radius 2 is 1.36 bits per heavy atom. The van der Waals surface area contributed by atoms with E-state index >= 15 is 0 Å². The fraction of sp³-hybridized carbons (Fsp3) is 0.846. The fourth-order valence-corrected chi connectivity index (χ4v) is 1.65. The van der Waals surface area contributed by atoms with E-state index in [1.54, 1.807) is 0 Å². The van der Waals surface area contributed by atoms with Gasteiger partial charge in [0.2, 0.25) is 0 Å². The van der Waals surface area contributed by atoms with Crippen LogP contribution >= 0.6 is 11.6 Å². The first kappa shape index (κ1) is 14.0. The Labute approximate surface area is 94.7 Å². The molecule has 0 radical (unpaired) electrons. The number of halogens is 1. The van der Waals surface area contributed by atoms with E-state index in [-0.39, 0.29) is 0 Å². The van der Waals surface area contributed by atoms with Gasteiger partial charge >= 0.3 is 0 Å². The molecule has 0 amide bonds. The summed E-state index contributed by atoms with van der Waals surface area (Å²) in [5.74, 6) is 0.826. The first-order chi connectivity index (χ1) is 6.91. The van der Waals surface area contributed by atoms with E-state index in [4.69, 9.17) is 11.6 Å². The highest BCUT2D eigenvalue weighted by molar-refractivity contribution is 6.17. The molecule has 0 aliphatic rings. The van der Waals surface area contributed by atoms with E-state index in [1.807, 2.05) is 0 Å². The maximum atomic E-state index is 5.60. The lowest BCUT2D eigenvalue weighted by molar-refractivity contribution is 0.674. The molecule has 0 aromatic heterocycles. The highest BCUT2D eigenvalue weighted by Crippen LogP contribution is 2.05. The maximum absolute atomic E-state index is 5.60.